The highest BCUT2D eigenvalue weighted by atomic mass is 32.2. The monoisotopic (exact) mass is 422 g/mol. The van der Waals surface area contributed by atoms with Crippen molar-refractivity contribution in [2.75, 3.05) is 31.9 Å². The summed E-state index contributed by atoms with van der Waals surface area (Å²) in [5.74, 6) is 3.80. The number of para-hydroxylation sites is 1. The van der Waals surface area contributed by atoms with E-state index in [2.05, 4.69) is 17.0 Å². The van der Waals surface area contributed by atoms with Gasteiger partial charge in [0.25, 0.3) is 0 Å². The molecule has 5 heteroatoms. The van der Waals surface area contributed by atoms with E-state index in [0.717, 1.165) is 59.9 Å². The highest BCUT2D eigenvalue weighted by molar-refractivity contribution is 7.99. The molecule has 1 aromatic heterocycles. The van der Waals surface area contributed by atoms with Crippen molar-refractivity contribution in [1.29, 1.82) is 0 Å². The number of carbonyl (C=O) groups excluding carboxylic acids is 1. The van der Waals surface area contributed by atoms with E-state index in [4.69, 9.17) is 4.98 Å². The van der Waals surface area contributed by atoms with Crippen LogP contribution in [0.15, 0.2) is 41.4 Å². The normalized spacial score (nSPS) is 33.3. The van der Waals surface area contributed by atoms with E-state index in [1.165, 1.54) is 38.5 Å². The lowest BCUT2D eigenvalue weighted by atomic mass is 9.52. The third-order valence-corrected chi connectivity index (χ3v) is 9.34. The highest BCUT2D eigenvalue weighted by Crippen LogP contribution is 2.54. The van der Waals surface area contributed by atoms with Crippen LogP contribution in [0.5, 0.6) is 0 Å². The summed E-state index contributed by atoms with van der Waals surface area (Å²) in [6, 6.07) is 12.3. The summed E-state index contributed by atoms with van der Waals surface area (Å²) in [4.78, 5) is 21.5. The van der Waals surface area contributed by atoms with Gasteiger partial charge in [-0.25, -0.2) is 4.98 Å². The zero-order chi connectivity index (χ0) is 20.1. The van der Waals surface area contributed by atoms with Crippen LogP contribution in [0.2, 0.25) is 0 Å². The Balaban J connectivity index is 1.05. The maximum absolute atomic E-state index is 12.9. The Bertz CT molecular complexity index is 917. The first kappa shape index (κ1) is 19.1. The molecule has 0 unspecified atom stereocenters. The van der Waals surface area contributed by atoms with Gasteiger partial charge >= 0.3 is 0 Å². The number of quaternary nitrogens is 1. The number of thioether (sulfide) groups is 1. The van der Waals surface area contributed by atoms with Crippen molar-refractivity contribution in [2.24, 2.45) is 17.8 Å². The van der Waals surface area contributed by atoms with E-state index in [1.54, 1.807) is 11.8 Å². The Morgan fingerprint density at radius 2 is 1.67 bits per heavy atom. The molecule has 7 rings (SSSR count). The number of hydrogen-bond donors (Lipinski definition) is 1. The zero-order valence-corrected chi connectivity index (χ0v) is 18.5. The minimum Gasteiger partial charge on any atom is -0.331 e. The summed E-state index contributed by atoms with van der Waals surface area (Å²) < 4.78 is 0. The number of aromatic nitrogens is 1. The van der Waals surface area contributed by atoms with Crippen LogP contribution < -0.4 is 4.90 Å². The predicted octanol–water partition coefficient (Wildman–Crippen LogP) is 3.02. The minimum atomic E-state index is 0.277. The van der Waals surface area contributed by atoms with Gasteiger partial charge in [-0.1, -0.05) is 36.0 Å². The standard InChI is InChI=1S/C25H31N3OS/c29-24(17-30-23-6-5-21-3-1-2-4-22(21)26-23)27-7-9-28(10-8-27)25-14-18-11-19(15-25)13-20(12-18)16-25/h1-6,18-20H,7-17H2/p+1. The Kier molecular flexibility index (Phi) is 4.80. The summed E-state index contributed by atoms with van der Waals surface area (Å²) in [6.07, 6.45) is 8.93. The van der Waals surface area contributed by atoms with Crippen molar-refractivity contribution in [2.45, 2.75) is 49.1 Å². The topological polar surface area (TPSA) is 37.6 Å². The van der Waals surface area contributed by atoms with Gasteiger partial charge < -0.3 is 9.80 Å². The molecule has 1 amide bonds. The van der Waals surface area contributed by atoms with Crippen LogP contribution in [-0.2, 0) is 4.79 Å². The van der Waals surface area contributed by atoms with E-state index in [1.807, 2.05) is 29.2 Å². The molecular weight excluding hydrogens is 390 g/mol. The number of rotatable bonds is 4. The fourth-order valence-electron chi connectivity index (χ4n) is 7.45. The third-order valence-electron chi connectivity index (χ3n) is 8.42. The summed E-state index contributed by atoms with van der Waals surface area (Å²) in [7, 11) is 0. The molecule has 4 saturated carbocycles. The molecule has 5 aliphatic rings. The van der Waals surface area contributed by atoms with Gasteiger partial charge in [0, 0.05) is 24.6 Å². The van der Waals surface area contributed by atoms with Crippen LogP contribution in [0.1, 0.15) is 38.5 Å². The molecule has 2 aromatic rings. The van der Waals surface area contributed by atoms with Crippen LogP contribution in [-0.4, -0.2) is 53.3 Å². The fraction of sp³-hybridized carbons (Fsp3) is 0.600. The minimum absolute atomic E-state index is 0.277. The second kappa shape index (κ2) is 7.52. The molecule has 0 radical (unpaired) electrons. The van der Waals surface area contributed by atoms with Crippen LogP contribution in [0, 0.1) is 17.8 Å². The summed E-state index contributed by atoms with van der Waals surface area (Å²) >= 11 is 1.58. The van der Waals surface area contributed by atoms with Crippen molar-refractivity contribution >= 4 is 28.6 Å². The number of nitrogens with zero attached hydrogens (tertiary/aromatic N) is 2. The third kappa shape index (κ3) is 3.44. The van der Waals surface area contributed by atoms with E-state index in [-0.39, 0.29) is 5.91 Å². The van der Waals surface area contributed by atoms with Crippen LogP contribution in [0.3, 0.4) is 0 Å². The van der Waals surface area contributed by atoms with Crippen molar-refractivity contribution < 1.29 is 9.69 Å². The van der Waals surface area contributed by atoms with E-state index in [9.17, 15) is 4.79 Å². The van der Waals surface area contributed by atoms with Crippen LogP contribution >= 0.6 is 11.8 Å². The van der Waals surface area contributed by atoms with Gasteiger partial charge in [-0.15, -0.1) is 0 Å². The molecule has 4 nitrogen and oxygen atoms in total. The molecule has 30 heavy (non-hydrogen) atoms. The zero-order valence-electron chi connectivity index (χ0n) is 17.7. The average Bonchev–Trinajstić information content (AvgIpc) is 2.76. The van der Waals surface area contributed by atoms with Gasteiger partial charge in [0.05, 0.1) is 48.0 Å². The lowest BCUT2D eigenvalue weighted by Crippen LogP contribution is -3.23. The highest BCUT2D eigenvalue weighted by Gasteiger charge is 2.56. The Morgan fingerprint density at radius 3 is 2.37 bits per heavy atom. The average molecular weight is 423 g/mol. The molecule has 4 bridgehead atoms. The molecule has 0 atom stereocenters. The Labute approximate surface area is 183 Å². The molecule has 1 aromatic carbocycles. The molecule has 0 spiro atoms. The fourth-order valence-corrected chi connectivity index (χ4v) is 8.24. The summed E-state index contributed by atoms with van der Waals surface area (Å²) in [5.41, 5.74) is 1.57. The number of nitrogens with one attached hydrogen (secondary N) is 1. The van der Waals surface area contributed by atoms with Gasteiger partial charge in [-0.2, -0.15) is 0 Å². The number of carbonyl (C=O) groups is 1. The molecule has 5 fully saturated rings. The number of hydrogen-bond acceptors (Lipinski definition) is 3. The molecule has 1 N–H and O–H groups in total. The number of pyridine rings is 1. The molecule has 2 heterocycles. The lowest BCUT2D eigenvalue weighted by molar-refractivity contribution is -0.962. The molecule has 158 valence electrons. The Morgan fingerprint density at radius 1 is 1.00 bits per heavy atom. The van der Waals surface area contributed by atoms with Crippen molar-refractivity contribution in [3.05, 3.63) is 36.4 Å². The Hall–Kier alpha value is -1.59. The van der Waals surface area contributed by atoms with Crippen molar-refractivity contribution in [1.82, 2.24) is 9.88 Å². The van der Waals surface area contributed by atoms with Gasteiger partial charge in [0.1, 0.15) is 0 Å². The first-order chi connectivity index (χ1) is 14.7. The molecule has 4 aliphatic carbocycles. The SMILES string of the molecule is O=C(CSc1ccc2ccccc2n1)N1CC[NH+](C23CC4CC(CC(C4)C2)C3)CC1. The van der Waals surface area contributed by atoms with E-state index in [0.29, 0.717) is 11.3 Å². The molecule has 1 aliphatic heterocycles. The number of amides is 1. The van der Waals surface area contributed by atoms with E-state index >= 15 is 0 Å². The van der Waals surface area contributed by atoms with Gasteiger partial charge in [0.2, 0.25) is 5.91 Å². The smallest absolute Gasteiger partial charge is 0.233 e. The largest absolute Gasteiger partial charge is 0.331 e. The van der Waals surface area contributed by atoms with E-state index < -0.39 is 0 Å². The lowest BCUT2D eigenvalue weighted by Gasteiger charge is -2.59. The quantitative estimate of drug-likeness (QED) is 0.770. The van der Waals surface area contributed by atoms with Crippen molar-refractivity contribution in [3.8, 4) is 0 Å². The maximum Gasteiger partial charge on any atom is 0.233 e. The second-order valence-electron chi connectivity index (χ2n) is 10.3. The number of benzene rings is 1. The van der Waals surface area contributed by atoms with Crippen molar-refractivity contribution in [3.63, 3.8) is 0 Å². The van der Waals surface area contributed by atoms with Crippen LogP contribution in [0.4, 0.5) is 0 Å². The first-order valence-electron chi connectivity index (χ1n) is 11.8. The predicted molar refractivity (Wildman–Crippen MR) is 121 cm³/mol. The molecule has 1 saturated heterocycles. The van der Waals surface area contributed by atoms with Gasteiger partial charge in [0.15, 0.2) is 0 Å². The first-order valence-corrected chi connectivity index (χ1v) is 12.8. The number of fused-ring (bicyclic) bond motifs is 1. The van der Waals surface area contributed by atoms with Gasteiger partial charge in [-0.3, -0.25) is 4.79 Å². The van der Waals surface area contributed by atoms with Crippen LogP contribution in [0.25, 0.3) is 10.9 Å². The maximum atomic E-state index is 12.9. The summed E-state index contributed by atoms with van der Waals surface area (Å²) in [6.45, 7) is 4.16. The number of piperazine rings is 1. The second-order valence-corrected chi connectivity index (χ2v) is 11.3. The molecular formula is C25H32N3OS+. The van der Waals surface area contributed by atoms with Gasteiger partial charge in [-0.05, 0) is 49.1 Å². The summed E-state index contributed by atoms with van der Waals surface area (Å²) in [5, 5.41) is 2.09.